The van der Waals surface area contributed by atoms with E-state index in [-0.39, 0.29) is 17.6 Å². The minimum absolute atomic E-state index is 0.111. The Hall–Kier alpha value is -2.47. The molecule has 0 radical (unpaired) electrons. The lowest BCUT2D eigenvalue weighted by atomic mass is 10.0. The SMILES string of the molecule is CC(C)CNC(=O)C(Cc1ccccc1)N(Cc1ccc(Cl)cc1)C(=O)CSc1ccc(Cl)cc1. The van der Waals surface area contributed by atoms with Gasteiger partial charge in [0.15, 0.2) is 0 Å². The monoisotopic (exact) mass is 528 g/mol. The highest BCUT2D eigenvalue weighted by molar-refractivity contribution is 8.00. The summed E-state index contributed by atoms with van der Waals surface area (Å²) in [4.78, 5) is 29.6. The number of hydrogen-bond acceptors (Lipinski definition) is 3. The highest BCUT2D eigenvalue weighted by Crippen LogP contribution is 2.23. The summed E-state index contributed by atoms with van der Waals surface area (Å²) in [6.45, 7) is 4.95. The van der Waals surface area contributed by atoms with Gasteiger partial charge in [0, 0.05) is 34.5 Å². The van der Waals surface area contributed by atoms with Crippen molar-refractivity contribution in [3.05, 3.63) is 100 Å². The van der Waals surface area contributed by atoms with Gasteiger partial charge < -0.3 is 10.2 Å². The predicted molar refractivity (Wildman–Crippen MR) is 146 cm³/mol. The Morgan fingerprint density at radius 1 is 0.857 bits per heavy atom. The quantitative estimate of drug-likeness (QED) is 0.289. The van der Waals surface area contributed by atoms with Crippen LogP contribution in [0, 0.1) is 5.92 Å². The molecule has 1 unspecified atom stereocenters. The molecule has 0 aliphatic rings. The first-order valence-corrected chi connectivity index (χ1v) is 13.3. The van der Waals surface area contributed by atoms with Crippen LogP contribution in [0.5, 0.6) is 0 Å². The molecule has 0 spiro atoms. The molecule has 4 nitrogen and oxygen atoms in total. The van der Waals surface area contributed by atoms with E-state index >= 15 is 0 Å². The molecule has 2 amide bonds. The molecule has 1 atom stereocenters. The van der Waals surface area contributed by atoms with Crippen LogP contribution in [-0.4, -0.2) is 35.1 Å². The Morgan fingerprint density at radius 2 is 1.46 bits per heavy atom. The molecule has 0 saturated carbocycles. The molecule has 3 aromatic carbocycles. The van der Waals surface area contributed by atoms with Gasteiger partial charge in [0.1, 0.15) is 6.04 Å². The van der Waals surface area contributed by atoms with E-state index in [4.69, 9.17) is 23.2 Å². The van der Waals surface area contributed by atoms with Crippen LogP contribution in [0.25, 0.3) is 0 Å². The summed E-state index contributed by atoms with van der Waals surface area (Å²) >= 11 is 13.5. The van der Waals surface area contributed by atoms with Gasteiger partial charge in [-0.05, 0) is 53.4 Å². The topological polar surface area (TPSA) is 49.4 Å². The Morgan fingerprint density at radius 3 is 2.06 bits per heavy atom. The fourth-order valence-corrected chi connectivity index (χ4v) is 4.56. The van der Waals surface area contributed by atoms with Crippen molar-refractivity contribution in [3.8, 4) is 0 Å². The second-order valence-electron chi connectivity index (χ2n) is 8.74. The number of benzene rings is 3. The van der Waals surface area contributed by atoms with Crippen molar-refractivity contribution in [2.24, 2.45) is 5.92 Å². The van der Waals surface area contributed by atoms with Gasteiger partial charge in [-0.1, -0.05) is 79.5 Å². The Kier molecular flexibility index (Phi) is 10.5. The third-order valence-electron chi connectivity index (χ3n) is 5.40. The number of halogens is 2. The second-order valence-corrected chi connectivity index (χ2v) is 10.7. The van der Waals surface area contributed by atoms with Crippen LogP contribution < -0.4 is 5.32 Å². The number of nitrogens with zero attached hydrogens (tertiary/aromatic N) is 1. The van der Waals surface area contributed by atoms with Crippen molar-refractivity contribution in [1.82, 2.24) is 10.2 Å². The molecule has 184 valence electrons. The molecule has 35 heavy (non-hydrogen) atoms. The number of carbonyl (C=O) groups is 2. The van der Waals surface area contributed by atoms with Crippen molar-refractivity contribution >= 4 is 46.8 Å². The molecule has 0 fully saturated rings. The summed E-state index contributed by atoms with van der Waals surface area (Å²) in [5, 5.41) is 4.31. The first-order chi connectivity index (χ1) is 16.8. The molecule has 0 saturated heterocycles. The maximum Gasteiger partial charge on any atom is 0.243 e. The average molecular weight is 530 g/mol. The molecule has 3 aromatic rings. The van der Waals surface area contributed by atoms with E-state index in [1.807, 2.05) is 68.4 Å². The van der Waals surface area contributed by atoms with E-state index in [1.165, 1.54) is 11.8 Å². The van der Waals surface area contributed by atoms with Crippen LogP contribution in [-0.2, 0) is 22.6 Å². The van der Waals surface area contributed by atoms with Gasteiger partial charge >= 0.3 is 0 Å². The first kappa shape index (κ1) is 27.1. The van der Waals surface area contributed by atoms with E-state index in [1.54, 1.807) is 29.2 Å². The number of nitrogens with one attached hydrogen (secondary N) is 1. The summed E-state index contributed by atoms with van der Waals surface area (Å²) in [6.07, 6.45) is 0.426. The van der Waals surface area contributed by atoms with Gasteiger partial charge in [0.25, 0.3) is 0 Å². The highest BCUT2D eigenvalue weighted by atomic mass is 35.5. The molecule has 0 aliphatic heterocycles. The molecular formula is C28H30Cl2N2O2S. The maximum absolute atomic E-state index is 13.6. The zero-order valence-corrected chi connectivity index (χ0v) is 22.2. The van der Waals surface area contributed by atoms with E-state index < -0.39 is 6.04 Å². The van der Waals surface area contributed by atoms with Gasteiger partial charge in [0.2, 0.25) is 11.8 Å². The average Bonchev–Trinajstić information content (AvgIpc) is 2.86. The summed E-state index contributed by atoms with van der Waals surface area (Å²) < 4.78 is 0. The number of hydrogen-bond donors (Lipinski definition) is 1. The lowest BCUT2D eigenvalue weighted by Gasteiger charge is -2.32. The number of rotatable bonds is 11. The highest BCUT2D eigenvalue weighted by Gasteiger charge is 2.30. The molecule has 7 heteroatoms. The fourth-order valence-electron chi connectivity index (χ4n) is 3.52. The largest absolute Gasteiger partial charge is 0.354 e. The van der Waals surface area contributed by atoms with Crippen molar-refractivity contribution in [1.29, 1.82) is 0 Å². The van der Waals surface area contributed by atoms with E-state index in [9.17, 15) is 9.59 Å². The van der Waals surface area contributed by atoms with Crippen LogP contribution in [0.4, 0.5) is 0 Å². The van der Waals surface area contributed by atoms with Crippen LogP contribution in [0.2, 0.25) is 10.0 Å². The van der Waals surface area contributed by atoms with Crippen LogP contribution in [0.15, 0.2) is 83.8 Å². The van der Waals surface area contributed by atoms with E-state index in [2.05, 4.69) is 5.32 Å². The van der Waals surface area contributed by atoms with Crippen LogP contribution in [0.1, 0.15) is 25.0 Å². The molecule has 0 aliphatic carbocycles. The third-order valence-corrected chi connectivity index (χ3v) is 6.90. The first-order valence-electron chi connectivity index (χ1n) is 11.6. The maximum atomic E-state index is 13.6. The van der Waals surface area contributed by atoms with Gasteiger partial charge in [0.05, 0.1) is 5.75 Å². The summed E-state index contributed by atoms with van der Waals surface area (Å²) in [5.74, 6) is 0.247. The number of thioether (sulfide) groups is 1. The Labute approximate surface area is 222 Å². The molecule has 0 bridgehead atoms. The Bertz CT molecular complexity index is 1090. The lowest BCUT2D eigenvalue weighted by molar-refractivity contribution is -0.139. The second kappa shape index (κ2) is 13.6. The summed E-state index contributed by atoms with van der Waals surface area (Å²) in [5.41, 5.74) is 1.91. The molecule has 0 aromatic heterocycles. The zero-order chi connectivity index (χ0) is 25.2. The molecule has 3 rings (SSSR count). The molecule has 1 N–H and O–H groups in total. The lowest BCUT2D eigenvalue weighted by Crippen LogP contribution is -2.51. The summed E-state index contributed by atoms with van der Waals surface area (Å²) in [6, 6.07) is 23.9. The fraction of sp³-hybridized carbons (Fsp3) is 0.286. The van der Waals surface area contributed by atoms with Crippen LogP contribution >= 0.6 is 35.0 Å². The van der Waals surface area contributed by atoms with E-state index in [0.717, 1.165) is 16.0 Å². The minimum Gasteiger partial charge on any atom is -0.354 e. The van der Waals surface area contributed by atoms with Crippen molar-refractivity contribution in [2.75, 3.05) is 12.3 Å². The minimum atomic E-state index is -0.648. The number of amides is 2. The standard InChI is InChI=1S/C28H30Cl2N2O2S/c1-20(2)17-31-28(34)26(16-21-6-4-3-5-7-21)32(18-22-8-10-23(29)11-9-22)27(33)19-35-25-14-12-24(30)13-15-25/h3-15,20,26H,16-19H2,1-2H3,(H,31,34). The van der Waals surface area contributed by atoms with Crippen molar-refractivity contribution in [2.45, 2.75) is 37.8 Å². The number of carbonyl (C=O) groups excluding carboxylic acids is 2. The zero-order valence-electron chi connectivity index (χ0n) is 19.9. The van der Waals surface area contributed by atoms with Gasteiger partial charge in [-0.3, -0.25) is 9.59 Å². The van der Waals surface area contributed by atoms with Gasteiger partial charge in [-0.2, -0.15) is 0 Å². The van der Waals surface area contributed by atoms with Gasteiger partial charge in [-0.15, -0.1) is 11.8 Å². The summed E-state index contributed by atoms with van der Waals surface area (Å²) in [7, 11) is 0. The third kappa shape index (κ3) is 8.92. The van der Waals surface area contributed by atoms with E-state index in [0.29, 0.717) is 35.5 Å². The smallest absolute Gasteiger partial charge is 0.243 e. The predicted octanol–water partition coefficient (Wildman–Crippen LogP) is 6.50. The van der Waals surface area contributed by atoms with Gasteiger partial charge in [-0.25, -0.2) is 0 Å². The molecule has 0 heterocycles. The Balaban J connectivity index is 1.88. The van der Waals surface area contributed by atoms with Crippen molar-refractivity contribution in [3.63, 3.8) is 0 Å². The molecular weight excluding hydrogens is 499 g/mol. The van der Waals surface area contributed by atoms with Crippen LogP contribution in [0.3, 0.4) is 0 Å². The van der Waals surface area contributed by atoms with Crippen molar-refractivity contribution < 1.29 is 9.59 Å². The normalized spacial score (nSPS) is 11.8.